The summed E-state index contributed by atoms with van der Waals surface area (Å²) in [6, 6.07) is 0.441. The van der Waals surface area contributed by atoms with E-state index in [0.29, 0.717) is 17.5 Å². The van der Waals surface area contributed by atoms with E-state index >= 15 is 0 Å². The lowest BCUT2D eigenvalue weighted by Gasteiger charge is -2.32. The molecule has 2 nitrogen and oxygen atoms in total. The van der Waals surface area contributed by atoms with Gasteiger partial charge in [0.2, 0.25) is 0 Å². The van der Waals surface area contributed by atoms with Gasteiger partial charge < -0.3 is 10.1 Å². The molecule has 0 bridgehead atoms. The molecule has 0 aliphatic heterocycles. The molecule has 0 aromatic heterocycles. The Kier molecular flexibility index (Phi) is 3.63. The Morgan fingerprint density at radius 3 is 2.73 bits per heavy atom. The van der Waals surface area contributed by atoms with Crippen molar-refractivity contribution in [3.63, 3.8) is 0 Å². The van der Waals surface area contributed by atoms with E-state index in [1.54, 1.807) is 7.11 Å². The largest absolute Gasteiger partial charge is 0.380 e. The summed E-state index contributed by atoms with van der Waals surface area (Å²) in [5.41, 5.74) is 0. The zero-order chi connectivity index (χ0) is 8.27. The van der Waals surface area contributed by atoms with Gasteiger partial charge >= 0.3 is 0 Å². The second kappa shape index (κ2) is 4.29. The Hall–Kier alpha value is 0.210. The third-order valence-electron chi connectivity index (χ3n) is 2.40. The molecule has 1 N–H and O–H groups in total. The predicted octanol–water partition coefficient (Wildman–Crippen LogP) is 1.38. The average molecular weight is 178 g/mol. The van der Waals surface area contributed by atoms with Crippen LogP contribution in [-0.2, 0) is 4.74 Å². The molecule has 11 heavy (non-hydrogen) atoms. The minimum absolute atomic E-state index is 0.332. The summed E-state index contributed by atoms with van der Waals surface area (Å²) in [7, 11) is 3.73. The van der Waals surface area contributed by atoms with Gasteiger partial charge in [0.25, 0.3) is 0 Å². The summed E-state index contributed by atoms with van der Waals surface area (Å²) in [5.74, 6) is 0. The summed E-state index contributed by atoms with van der Waals surface area (Å²) >= 11 is 6.02. The van der Waals surface area contributed by atoms with Crippen molar-refractivity contribution >= 4 is 11.6 Å². The average Bonchev–Trinajstić information content (AvgIpc) is 2.04. The van der Waals surface area contributed by atoms with E-state index in [-0.39, 0.29) is 0 Å². The molecule has 0 spiro atoms. The van der Waals surface area contributed by atoms with E-state index in [1.165, 1.54) is 0 Å². The Labute approximate surface area is 73.3 Å². The highest BCUT2D eigenvalue weighted by molar-refractivity contribution is 6.20. The van der Waals surface area contributed by atoms with Crippen molar-refractivity contribution < 1.29 is 4.74 Å². The molecule has 3 unspecified atom stereocenters. The molecule has 1 rings (SSSR count). The molecule has 66 valence electrons. The van der Waals surface area contributed by atoms with Crippen LogP contribution in [0.3, 0.4) is 0 Å². The molecule has 0 aromatic rings. The first-order chi connectivity index (χ1) is 5.27. The molecular formula is C8H16ClNO. The Bertz CT molecular complexity index is 121. The van der Waals surface area contributed by atoms with Crippen LogP contribution in [0.15, 0.2) is 0 Å². The van der Waals surface area contributed by atoms with Gasteiger partial charge in [-0.05, 0) is 26.3 Å². The fourth-order valence-corrected chi connectivity index (χ4v) is 2.00. The van der Waals surface area contributed by atoms with E-state index in [0.717, 1.165) is 19.3 Å². The van der Waals surface area contributed by atoms with Crippen LogP contribution in [0, 0.1) is 0 Å². The summed E-state index contributed by atoms with van der Waals surface area (Å²) in [4.78, 5) is 0. The molecule has 0 amide bonds. The van der Waals surface area contributed by atoms with Gasteiger partial charge in [-0.2, -0.15) is 0 Å². The van der Waals surface area contributed by atoms with Crippen LogP contribution in [-0.4, -0.2) is 31.7 Å². The van der Waals surface area contributed by atoms with Crippen LogP contribution in [0.4, 0.5) is 0 Å². The van der Waals surface area contributed by atoms with E-state index in [4.69, 9.17) is 16.3 Å². The van der Waals surface area contributed by atoms with Crippen molar-refractivity contribution in [1.82, 2.24) is 5.32 Å². The number of hydrogen-bond acceptors (Lipinski definition) is 2. The molecule has 1 saturated carbocycles. The first-order valence-corrected chi connectivity index (χ1v) is 4.55. The minimum atomic E-state index is 0.332. The molecule has 1 fully saturated rings. The fourth-order valence-electron chi connectivity index (χ4n) is 1.68. The Morgan fingerprint density at radius 1 is 1.45 bits per heavy atom. The van der Waals surface area contributed by atoms with E-state index < -0.39 is 0 Å². The fraction of sp³-hybridized carbons (Fsp3) is 1.00. The van der Waals surface area contributed by atoms with Crippen LogP contribution in [0.2, 0.25) is 0 Å². The highest BCUT2D eigenvalue weighted by atomic mass is 35.5. The second-order valence-corrected chi connectivity index (χ2v) is 3.70. The van der Waals surface area contributed by atoms with Gasteiger partial charge in [0.05, 0.1) is 6.10 Å². The lowest BCUT2D eigenvalue weighted by Crippen LogP contribution is -2.44. The van der Waals surface area contributed by atoms with Gasteiger partial charge in [0, 0.05) is 18.5 Å². The number of rotatable bonds is 2. The SMILES string of the molecule is CNC1CC(Cl)CCC1OC. The lowest BCUT2D eigenvalue weighted by molar-refractivity contribution is 0.0455. The standard InChI is InChI=1S/C8H16ClNO/c1-10-7-5-6(9)3-4-8(7)11-2/h6-8,10H,3-5H2,1-2H3. The first-order valence-electron chi connectivity index (χ1n) is 4.12. The zero-order valence-electron chi connectivity index (χ0n) is 7.14. The predicted molar refractivity (Wildman–Crippen MR) is 47.1 cm³/mol. The number of likely N-dealkylation sites (N-methyl/N-ethyl adjacent to an activating group) is 1. The van der Waals surface area contributed by atoms with Crippen molar-refractivity contribution in [2.24, 2.45) is 0 Å². The second-order valence-electron chi connectivity index (χ2n) is 3.08. The number of halogens is 1. The number of methoxy groups -OCH3 is 1. The van der Waals surface area contributed by atoms with Crippen LogP contribution < -0.4 is 5.32 Å². The maximum absolute atomic E-state index is 6.02. The van der Waals surface area contributed by atoms with Gasteiger partial charge in [-0.15, -0.1) is 11.6 Å². The Balaban J connectivity index is 2.41. The molecule has 1 aliphatic carbocycles. The van der Waals surface area contributed by atoms with Gasteiger partial charge in [0.1, 0.15) is 0 Å². The van der Waals surface area contributed by atoms with Crippen LogP contribution in [0.25, 0.3) is 0 Å². The Morgan fingerprint density at radius 2 is 2.18 bits per heavy atom. The van der Waals surface area contributed by atoms with Gasteiger partial charge in [-0.1, -0.05) is 0 Å². The maximum Gasteiger partial charge on any atom is 0.0725 e. The molecule has 0 radical (unpaired) electrons. The maximum atomic E-state index is 6.02. The van der Waals surface area contributed by atoms with E-state index in [2.05, 4.69) is 5.32 Å². The normalized spacial score (nSPS) is 39.0. The lowest BCUT2D eigenvalue weighted by atomic mass is 9.92. The van der Waals surface area contributed by atoms with Gasteiger partial charge in [-0.25, -0.2) is 0 Å². The van der Waals surface area contributed by atoms with Crippen molar-refractivity contribution in [3.8, 4) is 0 Å². The van der Waals surface area contributed by atoms with Crippen molar-refractivity contribution in [1.29, 1.82) is 0 Å². The number of hydrogen-bond donors (Lipinski definition) is 1. The molecule has 3 heteroatoms. The third-order valence-corrected chi connectivity index (χ3v) is 2.79. The van der Waals surface area contributed by atoms with E-state index in [9.17, 15) is 0 Å². The van der Waals surface area contributed by atoms with E-state index in [1.807, 2.05) is 7.05 Å². The van der Waals surface area contributed by atoms with Crippen LogP contribution in [0.5, 0.6) is 0 Å². The summed E-state index contributed by atoms with van der Waals surface area (Å²) in [6.45, 7) is 0. The molecule has 0 saturated heterocycles. The number of ether oxygens (including phenoxy) is 1. The summed E-state index contributed by atoms with van der Waals surface area (Å²) in [5, 5.41) is 3.56. The van der Waals surface area contributed by atoms with Crippen molar-refractivity contribution in [2.45, 2.75) is 36.8 Å². The zero-order valence-corrected chi connectivity index (χ0v) is 7.90. The van der Waals surface area contributed by atoms with Gasteiger partial charge in [0.15, 0.2) is 0 Å². The van der Waals surface area contributed by atoms with Crippen molar-refractivity contribution in [2.75, 3.05) is 14.2 Å². The summed E-state index contributed by atoms with van der Waals surface area (Å²) in [6.07, 6.45) is 3.54. The monoisotopic (exact) mass is 177 g/mol. The van der Waals surface area contributed by atoms with Crippen LogP contribution in [0.1, 0.15) is 19.3 Å². The number of nitrogens with one attached hydrogen (secondary N) is 1. The molecular weight excluding hydrogens is 162 g/mol. The molecule has 0 aromatic carbocycles. The quantitative estimate of drug-likeness (QED) is 0.644. The summed E-state index contributed by atoms with van der Waals surface area (Å²) < 4.78 is 5.32. The van der Waals surface area contributed by atoms with Crippen LogP contribution >= 0.6 is 11.6 Å². The molecule has 1 aliphatic rings. The highest BCUT2D eigenvalue weighted by Gasteiger charge is 2.27. The highest BCUT2D eigenvalue weighted by Crippen LogP contribution is 2.24. The molecule has 0 heterocycles. The minimum Gasteiger partial charge on any atom is -0.380 e. The number of alkyl halides is 1. The van der Waals surface area contributed by atoms with Gasteiger partial charge in [-0.3, -0.25) is 0 Å². The smallest absolute Gasteiger partial charge is 0.0725 e. The molecule has 3 atom stereocenters. The third kappa shape index (κ3) is 2.32. The van der Waals surface area contributed by atoms with Crippen molar-refractivity contribution in [3.05, 3.63) is 0 Å². The first kappa shape index (κ1) is 9.30. The topological polar surface area (TPSA) is 21.3 Å².